The fourth-order valence-corrected chi connectivity index (χ4v) is 3.18. The summed E-state index contributed by atoms with van der Waals surface area (Å²) in [6.07, 6.45) is 0. The van der Waals surface area contributed by atoms with E-state index in [-0.39, 0.29) is 22.6 Å². The van der Waals surface area contributed by atoms with Crippen molar-refractivity contribution in [2.45, 2.75) is 19.3 Å². The standard InChI is InChI=1S/C19H19NO4/c1-19(2)11-20(15-7-5-4-6-14(15)19)17(21)12-8-9-13(18(22)23)16(10-12)24-3/h4-10H,11H2,1-3H3,(H,22,23). The number of ether oxygens (including phenoxy) is 1. The predicted molar refractivity (Wildman–Crippen MR) is 91.1 cm³/mol. The molecule has 124 valence electrons. The summed E-state index contributed by atoms with van der Waals surface area (Å²) in [5.41, 5.74) is 2.35. The Labute approximate surface area is 140 Å². The molecule has 0 aliphatic carbocycles. The lowest BCUT2D eigenvalue weighted by atomic mass is 9.87. The van der Waals surface area contributed by atoms with Crippen molar-refractivity contribution in [3.8, 4) is 5.75 Å². The third-order valence-corrected chi connectivity index (χ3v) is 4.40. The summed E-state index contributed by atoms with van der Waals surface area (Å²) in [6.45, 7) is 4.79. The van der Waals surface area contributed by atoms with E-state index >= 15 is 0 Å². The molecular formula is C19H19NO4. The van der Waals surface area contributed by atoms with Gasteiger partial charge in [-0.05, 0) is 29.8 Å². The lowest BCUT2D eigenvalue weighted by molar-refractivity contribution is 0.0692. The first-order valence-electron chi connectivity index (χ1n) is 7.68. The van der Waals surface area contributed by atoms with Crippen molar-refractivity contribution in [3.63, 3.8) is 0 Å². The zero-order valence-corrected chi connectivity index (χ0v) is 13.9. The second-order valence-electron chi connectivity index (χ2n) is 6.51. The Morgan fingerprint density at radius 3 is 2.54 bits per heavy atom. The van der Waals surface area contributed by atoms with E-state index in [4.69, 9.17) is 9.84 Å². The summed E-state index contributed by atoms with van der Waals surface area (Å²) in [7, 11) is 1.39. The van der Waals surface area contributed by atoms with E-state index in [0.29, 0.717) is 12.1 Å². The normalized spacial score (nSPS) is 15.0. The predicted octanol–water partition coefficient (Wildman–Crippen LogP) is 3.33. The maximum Gasteiger partial charge on any atom is 0.339 e. The number of methoxy groups -OCH3 is 1. The Morgan fingerprint density at radius 2 is 1.88 bits per heavy atom. The number of carboxylic acid groups (broad SMARTS) is 1. The van der Waals surface area contributed by atoms with Gasteiger partial charge in [-0.15, -0.1) is 0 Å². The van der Waals surface area contributed by atoms with Crippen LogP contribution in [0.4, 0.5) is 5.69 Å². The molecule has 1 aliphatic heterocycles. The van der Waals surface area contributed by atoms with E-state index in [1.54, 1.807) is 4.90 Å². The largest absolute Gasteiger partial charge is 0.496 e. The van der Waals surface area contributed by atoms with Gasteiger partial charge in [-0.1, -0.05) is 32.0 Å². The van der Waals surface area contributed by atoms with Gasteiger partial charge >= 0.3 is 5.97 Å². The highest BCUT2D eigenvalue weighted by molar-refractivity contribution is 6.08. The van der Waals surface area contributed by atoms with Gasteiger partial charge in [-0.2, -0.15) is 0 Å². The Kier molecular flexibility index (Phi) is 3.79. The molecule has 0 atom stereocenters. The van der Waals surface area contributed by atoms with E-state index in [1.165, 1.54) is 25.3 Å². The van der Waals surface area contributed by atoms with Crippen LogP contribution in [0.25, 0.3) is 0 Å². The van der Waals surface area contributed by atoms with E-state index in [1.807, 2.05) is 24.3 Å². The summed E-state index contributed by atoms with van der Waals surface area (Å²) in [5.74, 6) is -1.07. The van der Waals surface area contributed by atoms with Crippen molar-refractivity contribution in [2.75, 3.05) is 18.6 Å². The molecule has 2 aromatic carbocycles. The molecule has 5 nitrogen and oxygen atoms in total. The van der Waals surface area contributed by atoms with Crippen LogP contribution in [0.5, 0.6) is 5.75 Å². The minimum Gasteiger partial charge on any atom is -0.496 e. The lowest BCUT2D eigenvalue weighted by Gasteiger charge is -2.21. The van der Waals surface area contributed by atoms with E-state index in [9.17, 15) is 9.59 Å². The number of hydrogen-bond donors (Lipinski definition) is 1. The monoisotopic (exact) mass is 325 g/mol. The van der Waals surface area contributed by atoms with Gasteiger partial charge in [0.05, 0.1) is 7.11 Å². The maximum absolute atomic E-state index is 13.0. The van der Waals surface area contributed by atoms with Crippen molar-refractivity contribution in [1.82, 2.24) is 0 Å². The molecule has 1 heterocycles. The van der Waals surface area contributed by atoms with Crippen LogP contribution in [0.15, 0.2) is 42.5 Å². The molecule has 0 bridgehead atoms. The van der Waals surface area contributed by atoms with Gasteiger partial charge in [0, 0.05) is 23.2 Å². The molecule has 0 radical (unpaired) electrons. The number of aromatic carboxylic acids is 1. The van der Waals surface area contributed by atoms with E-state index in [2.05, 4.69) is 13.8 Å². The molecular weight excluding hydrogens is 306 g/mol. The van der Waals surface area contributed by atoms with Crippen molar-refractivity contribution in [3.05, 3.63) is 59.2 Å². The average Bonchev–Trinajstić information content (AvgIpc) is 2.85. The van der Waals surface area contributed by atoms with Gasteiger partial charge in [0.2, 0.25) is 0 Å². The fourth-order valence-electron chi connectivity index (χ4n) is 3.18. The lowest BCUT2D eigenvalue weighted by Crippen LogP contribution is -2.34. The zero-order chi connectivity index (χ0) is 17.5. The first-order valence-corrected chi connectivity index (χ1v) is 7.68. The van der Waals surface area contributed by atoms with Crippen molar-refractivity contribution in [2.24, 2.45) is 0 Å². The third kappa shape index (κ3) is 2.52. The SMILES string of the molecule is COc1cc(C(=O)N2CC(C)(C)c3ccccc32)ccc1C(=O)O. The first-order chi connectivity index (χ1) is 11.3. The van der Waals surface area contributed by atoms with E-state index < -0.39 is 5.97 Å². The van der Waals surface area contributed by atoms with Gasteiger partial charge < -0.3 is 14.7 Å². The molecule has 2 aromatic rings. The molecule has 24 heavy (non-hydrogen) atoms. The second kappa shape index (κ2) is 5.67. The number of fused-ring (bicyclic) bond motifs is 1. The molecule has 5 heteroatoms. The Bertz CT molecular complexity index is 826. The minimum atomic E-state index is -1.08. The summed E-state index contributed by atoms with van der Waals surface area (Å²) in [5, 5.41) is 9.16. The van der Waals surface area contributed by atoms with Crippen LogP contribution in [0.3, 0.4) is 0 Å². The smallest absolute Gasteiger partial charge is 0.339 e. The molecule has 0 spiro atoms. The quantitative estimate of drug-likeness (QED) is 0.940. The van der Waals surface area contributed by atoms with Gasteiger partial charge in [0.1, 0.15) is 11.3 Å². The van der Waals surface area contributed by atoms with Gasteiger partial charge in [-0.25, -0.2) is 4.79 Å². The summed E-state index contributed by atoms with van der Waals surface area (Å²) >= 11 is 0. The number of carboxylic acids is 1. The molecule has 0 saturated heterocycles. The number of nitrogens with zero attached hydrogens (tertiary/aromatic N) is 1. The molecule has 1 amide bonds. The highest BCUT2D eigenvalue weighted by Gasteiger charge is 2.38. The van der Waals surface area contributed by atoms with Crippen LogP contribution >= 0.6 is 0 Å². The molecule has 0 saturated carbocycles. The molecule has 0 aromatic heterocycles. The minimum absolute atomic E-state index is 0.0381. The summed E-state index contributed by atoms with van der Waals surface area (Å²) < 4.78 is 5.12. The Hall–Kier alpha value is -2.82. The number of amides is 1. The third-order valence-electron chi connectivity index (χ3n) is 4.40. The topological polar surface area (TPSA) is 66.8 Å². The highest BCUT2D eigenvalue weighted by atomic mass is 16.5. The van der Waals surface area contributed by atoms with Crippen molar-refractivity contribution >= 4 is 17.6 Å². The fraction of sp³-hybridized carbons (Fsp3) is 0.263. The number of para-hydroxylation sites is 1. The number of benzene rings is 2. The van der Waals surface area contributed by atoms with E-state index in [0.717, 1.165) is 11.3 Å². The van der Waals surface area contributed by atoms with Gasteiger partial charge in [0.25, 0.3) is 5.91 Å². The first kappa shape index (κ1) is 16.1. The number of carbonyl (C=O) groups is 2. The van der Waals surface area contributed by atoms with Crippen molar-refractivity contribution in [1.29, 1.82) is 0 Å². The number of carbonyl (C=O) groups excluding carboxylic acids is 1. The van der Waals surface area contributed by atoms with Crippen LogP contribution in [-0.4, -0.2) is 30.6 Å². The number of rotatable bonds is 3. The summed E-state index contributed by atoms with van der Waals surface area (Å²) in [4.78, 5) is 25.9. The van der Waals surface area contributed by atoms with Crippen LogP contribution < -0.4 is 9.64 Å². The van der Waals surface area contributed by atoms with Gasteiger partial charge in [0.15, 0.2) is 0 Å². The van der Waals surface area contributed by atoms with Crippen LogP contribution in [0.1, 0.15) is 40.1 Å². The number of hydrogen-bond acceptors (Lipinski definition) is 3. The van der Waals surface area contributed by atoms with Crippen molar-refractivity contribution < 1.29 is 19.4 Å². The molecule has 0 unspecified atom stereocenters. The Morgan fingerprint density at radius 1 is 1.17 bits per heavy atom. The number of anilines is 1. The maximum atomic E-state index is 13.0. The second-order valence-corrected chi connectivity index (χ2v) is 6.51. The molecule has 1 N–H and O–H groups in total. The zero-order valence-electron chi connectivity index (χ0n) is 13.9. The summed E-state index contributed by atoms with van der Waals surface area (Å²) in [6, 6.07) is 12.3. The molecule has 1 aliphatic rings. The molecule has 0 fully saturated rings. The van der Waals surface area contributed by atoms with Crippen LogP contribution in [-0.2, 0) is 5.41 Å². The van der Waals surface area contributed by atoms with Crippen LogP contribution in [0, 0.1) is 0 Å². The highest BCUT2D eigenvalue weighted by Crippen LogP contribution is 2.41. The van der Waals surface area contributed by atoms with Crippen LogP contribution in [0.2, 0.25) is 0 Å². The molecule has 3 rings (SSSR count). The Balaban J connectivity index is 2.01. The average molecular weight is 325 g/mol. The van der Waals surface area contributed by atoms with Gasteiger partial charge in [-0.3, -0.25) is 4.79 Å².